The summed E-state index contributed by atoms with van der Waals surface area (Å²) >= 11 is 5.68. The Morgan fingerprint density at radius 3 is 2.58 bits per heavy atom. The van der Waals surface area contributed by atoms with E-state index >= 15 is 0 Å². The fourth-order valence-corrected chi connectivity index (χ4v) is 2.36. The number of nitrogens with one attached hydrogen (secondary N) is 1. The molecular formula is C14H23ClN2O2. The molecule has 0 bridgehead atoms. The van der Waals surface area contributed by atoms with Gasteiger partial charge in [-0.1, -0.05) is 31.9 Å². The van der Waals surface area contributed by atoms with Gasteiger partial charge in [-0.2, -0.15) is 0 Å². The summed E-state index contributed by atoms with van der Waals surface area (Å²) in [6.45, 7) is 7.96. The van der Waals surface area contributed by atoms with Crippen molar-refractivity contribution in [3.63, 3.8) is 0 Å². The predicted molar refractivity (Wildman–Crippen MR) is 76.9 cm³/mol. The minimum atomic E-state index is -0.798. The van der Waals surface area contributed by atoms with E-state index in [1.165, 1.54) is 5.54 Å². The second-order valence-electron chi connectivity index (χ2n) is 5.37. The number of hydrogen-bond donors (Lipinski definition) is 1. The van der Waals surface area contributed by atoms with Crippen molar-refractivity contribution < 1.29 is 9.59 Å². The molecule has 1 N–H and O–H groups in total. The molecule has 108 valence electrons. The molecule has 1 heterocycles. The molecule has 0 aromatic heterocycles. The van der Waals surface area contributed by atoms with Crippen molar-refractivity contribution in [3.8, 4) is 0 Å². The first-order chi connectivity index (χ1) is 8.89. The minimum Gasteiger partial charge on any atom is -0.340 e. The molecule has 0 radical (unpaired) electrons. The SMILES string of the molecule is CCCC1C(=O)NC(C)(CC)C(=O)N1CC(C)=CCl. The second kappa shape index (κ2) is 6.42. The van der Waals surface area contributed by atoms with E-state index in [2.05, 4.69) is 5.32 Å². The van der Waals surface area contributed by atoms with Crippen molar-refractivity contribution in [2.24, 2.45) is 0 Å². The summed E-state index contributed by atoms with van der Waals surface area (Å²) in [4.78, 5) is 26.5. The molecule has 1 saturated heterocycles. The molecular weight excluding hydrogens is 264 g/mol. The van der Waals surface area contributed by atoms with Gasteiger partial charge in [-0.05, 0) is 32.3 Å². The first-order valence-corrected chi connectivity index (χ1v) is 7.22. The highest BCUT2D eigenvalue weighted by atomic mass is 35.5. The van der Waals surface area contributed by atoms with Crippen LogP contribution in [0.3, 0.4) is 0 Å². The van der Waals surface area contributed by atoms with E-state index in [0.717, 1.165) is 12.0 Å². The Hall–Kier alpha value is -1.03. The maximum absolute atomic E-state index is 12.6. The summed E-state index contributed by atoms with van der Waals surface area (Å²) in [7, 11) is 0. The van der Waals surface area contributed by atoms with Crippen LogP contribution in [0.4, 0.5) is 0 Å². The third-order valence-electron chi connectivity index (χ3n) is 3.69. The third kappa shape index (κ3) is 3.30. The van der Waals surface area contributed by atoms with Gasteiger partial charge in [0.1, 0.15) is 11.6 Å². The molecule has 2 unspecified atom stereocenters. The summed E-state index contributed by atoms with van der Waals surface area (Å²) < 4.78 is 0. The summed E-state index contributed by atoms with van der Waals surface area (Å²) in [5.74, 6) is -0.0842. The lowest BCUT2D eigenvalue weighted by molar-refractivity contribution is -0.154. The zero-order valence-corrected chi connectivity index (χ0v) is 12.9. The number of piperazine rings is 1. The van der Waals surface area contributed by atoms with Crippen LogP contribution in [0, 0.1) is 0 Å². The number of carbonyl (C=O) groups is 2. The van der Waals surface area contributed by atoms with Crippen molar-refractivity contribution in [1.29, 1.82) is 0 Å². The van der Waals surface area contributed by atoms with E-state index in [0.29, 0.717) is 19.4 Å². The Balaban J connectivity index is 3.06. The van der Waals surface area contributed by atoms with E-state index < -0.39 is 5.54 Å². The molecule has 1 aliphatic rings. The van der Waals surface area contributed by atoms with Crippen LogP contribution >= 0.6 is 11.6 Å². The highest BCUT2D eigenvalue weighted by molar-refractivity contribution is 6.25. The smallest absolute Gasteiger partial charge is 0.248 e. The van der Waals surface area contributed by atoms with Crippen molar-refractivity contribution in [2.75, 3.05) is 6.54 Å². The Morgan fingerprint density at radius 1 is 1.47 bits per heavy atom. The molecule has 5 heteroatoms. The number of halogens is 1. The number of hydrogen-bond acceptors (Lipinski definition) is 2. The first-order valence-electron chi connectivity index (χ1n) is 6.78. The van der Waals surface area contributed by atoms with Gasteiger partial charge in [-0.3, -0.25) is 9.59 Å². The molecule has 0 aromatic carbocycles. The van der Waals surface area contributed by atoms with Gasteiger partial charge in [0.15, 0.2) is 0 Å². The number of carbonyl (C=O) groups excluding carboxylic acids is 2. The molecule has 4 nitrogen and oxygen atoms in total. The first kappa shape index (κ1) is 16.0. The largest absolute Gasteiger partial charge is 0.340 e. The maximum atomic E-state index is 12.6. The van der Waals surface area contributed by atoms with Gasteiger partial charge in [0.25, 0.3) is 0 Å². The Kier molecular flexibility index (Phi) is 5.41. The van der Waals surface area contributed by atoms with Crippen LogP contribution in [-0.4, -0.2) is 34.8 Å². The average molecular weight is 287 g/mol. The Bertz CT molecular complexity index is 395. The average Bonchev–Trinajstić information content (AvgIpc) is 2.39. The van der Waals surface area contributed by atoms with Crippen molar-refractivity contribution >= 4 is 23.4 Å². The van der Waals surface area contributed by atoms with Gasteiger partial charge in [-0.25, -0.2) is 0 Å². The molecule has 2 amide bonds. The van der Waals surface area contributed by atoms with Gasteiger partial charge in [-0.15, -0.1) is 0 Å². The van der Waals surface area contributed by atoms with Crippen LogP contribution in [0.2, 0.25) is 0 Å². The van der Waals surface area contributed by atoms with E-state index in [4.69, 9.17) is 11.6 Å². The standard InChI is InChI=1S/C14H23ClN2O2/c1-5-7-11-12(18)16-14(4,6-2)13(19)17(11)9-10(3)8-15/h8,11H,5-7,9H2,1-4H3,(H,16,18). The Labute approximate surface area is 120 Å². The molecule has 1 rings (SSSR count). The highest BCUT2D eigenvalue weighted by Gasteiger charge is 2.46. The van der Waals surface area contributed by atoms with Gasteiger partial charge < -0.3 is 10.2 Å². The zero-order chi connectivity index (χ0) is 14.6. The molecule has 0 spiro atoms. The lowest BCUT2D eigenvalue weighted by Gasteiger charge is -2.44. The molecule has 0 saturated carbocycles. The fourth-order valence-electron chi connectivity index (χ4n) is 2.29. The summed E-state index contributed by atoms with van der Waals surface area (Å²) in [6, 6.07) is -0.385. The second-order valence-corrected chi connectivity index (χ2v) is 5.59. The van der Waals surface area contributed by atoms with Gasteiger partial charge in [0.05, 0.1) is 0 Å². The molecule has 19 heavy (non-hydrogen) atoms. The van der Waals surface area contributed by atoms with Crippen molar-refractivity contribution in [1.82, 2.24) is 10.2 Å². The van der Waals surface area contributed by atoms with E-state index in [1.807, 2.05) is 20.8 Å². The monoisotopic (exact) mass is 286 g/mol. The van der Waals surface area contributed by atoms with E-state index in [-0.39, 0.29) is 17.9 Å². The summed E-state index contributed by atoms with van der Waals surface area (Å²) in [6.07, 6.45) is 2.11. The van der Waals surface area contributed by atoms with Crippen LogP contribution < -0.4 is 5.32 Å². The van der Waals surface area contributed by atoms with Crippen LogP contribution in [-0.2, 0) is 9.59 Å². The van der Waals surface area contributed by atoms with Crippen LogP contribution in [0.1, 0.15) is 47.0 Å². The number of nitrogens with zero attached hydrogens (tertiary/aromatic N) is 1. The van der Waals surface area contributed by atoms with E-state index in [1.54, 1.807) is 11.8 Å². The third-order valence-corrected chi connectivity index (χ3v) is 4.06. The topological polar surface area (TPSA) is 49.4 Å². The predicted octanol–water partition coefficient (Wildman–Crippen LogP) is 2.42. The van der Waals surface area contributed by atoms with E-state index in [9.17, 15) is 9.59 Å². The van der Waals surface area contributed by atoms with Gasteiger partial charge in [0, 0.05) is 12.1 Å². The lowest BCUT2D eigenvalue weighted by Crippen LogP contribution is -2.69. The molecule has 1 aliphatic heterocycles. The Morgan fingerprint density at radius 2 is 2.11 bits per heavy atom. The highest BCUT2D eigenvalue weighted by Crippen LogP contribution is 2.24. The molecule has 1 fully saturated rings. The van der Waals surface area contributed by atoms with Crippen molar-refractivity contribution in [2.45, 2.75) is 58.5 Å². The van der Waals surface area contributed by atoms with Crippen LogP contribution in [0.15, 0.2) is 11.1 Å². The number of amides is 2. The summed E-state index contributed by atoms with van der Waals surface area (Å²) in [5, 5.41) is 2.87. The van der Waals surface area contributed by atoms with Crippen molar-refractivity contribution in [3.05, 3.63) is 11.1 Å². The maximum Gasteiger partial charge on any atom is 0.248 e. The quantitative estimate of drug-likeness (QED) is 0.844. The molecule has 0 aliphatic carbocycles. The van der Waals surface area contributed by atoms with Gasteiger partial charge in [0.2, 0.25) is 11.8 Å². The van der Waals surface area contributed by atoms with Gasteiger partial charge >= 0.3 is 0 Å². The zero-order valence-electron chi connectivity index (χ0n) is 12.1. The van der Waals surface area contributed by atoms with Crippen LogP contribution in [0.25, 0.3) is 0 Å². The molecule has 0 aromatic rings. The minimum absolute atomic E-state index is 0.0223. The lowest BCUT2D eigenvalue weighted by atomic mass is 9.90. The van der Waals surface area contributed by atoms with Crippen LogP contribution in [0.5, 0.6) is 0 Å². The normalized spacial score (nSPS) is 28.6. The number of rotatable bonds is 5. The summed E-state index contributed by atoms with van der Waals surface area (Å²) in [5.41, 5.74) is 1.55. The molecule has 2 atom stereocenters. The fraction of sp³-hybridized carbons (Fsp3) is 0.714.